The Kier molecular flexibility index (Phi) is 7.90. The van der Waals surface area contributed by atoms with Crippen LogP contribution in [0.5, 0.6) is 0 Å². The van der Waals surface area contributed by atoms with Crippen molar-refractivity contribution in [1.29, 1.82) is 0 Å². The lowest BCUT2D eigenvalue weighted by molar-refractivity contribution is -0.134. The lowest BCUT2D eigenvalue weighted by Crippen LogP contribution is -2.21. The molecule has 104 valence electrons. The molecule has 0 heterocycles. The first-order chi connectivity index (χ1) is 8.75. The Hall–Kier alpha value is -1.50. The van der Waals surface area contributed by atoms with E-state index in [1.807, 2.05) is 0 Å². The molecule has 6 nitrogen and oxygen atoms in total. The Labute approximate surface area is 124 Å². The molecule has 0 atom stereocenters. The minimum absolute atomic E-state index is 0.152. The fraction of sp³-hybridized carbons (Fsp3) is 0.100. The summed E-state index contributed by atoms with van der Waals surface area (Å²) >= 11 is 17.6. The second-order valence-electron chi connectivity index (χ2n) is 3.05. The largest absolute Gasteiger partial charge is 0.481 e. The van der Waals surface area contributed by atoms with Crippen molar-refractivity contribution in [2.45, 2.75) is 6.92 Å². The van der Waals surface area contributed by atoms with Gasteiger partial charge in [-0.25, -0.2) is 0 Å². The molecule has 1 aromatic carbocycles. The maximum atomic E-state index is 9.00. The topological polar surface area (TPSA) is 114 Å². The molecule has 5 N–H and O–H groups in total. The molecule has 0 bridgehead atoms. The molecule has 0 amide bonds. The number of benzene rings is 1. The second kappa shape index (κ2) is 8.58. The Bertz CT molecular complexity index is 510. The monoisotopic (exact) mass is 324 g/mol. The van der Waals surface area contributed by atoms with Gasteiger partial charge in [0.05, 0.1) is 21.3 Å². The lowest BCUT2D eigenvalue weighted by atomic mass is 10.2. The summed E-state index contributed by atoms with van der Waals surface area (Å²) in [6.07, 6.45) is 1.33. The number of halogens is 3. The van der Waals surface area contributed by atoms with E-state index in [0.717, 1.165) is 6.92 Å². The van der Waals surface area contributed by atoms with Crippen LogP contribution in [0.2, 0.25) is 15.1 Å². The number of aliphatic carboxylic acids is 1. The Morgan fingerprint density at radius 3 is 2.21 bits per heavy atom. The number of carboxylic acid groups (broad SMARTS) is 1. The van der Waals surface area contributed by atoms with Gasteiger partial charge in [0.2, 0.25) is 5.96 Å². The molecule has 0 aliphatic carbocycles. The van der Waals surface area contributed by atoms with E-state index in [-0.39, 0.29) is 5.96 Å². The van der Waals surface area contributed by atoms with E-state index < -0.39 is 5.97 Å². The molecule has 0 fully saturated rings. The second-order valence-corrected chi connectivity index (χ2v) is 4.24. The van der Waals surface area contributed by atoms with Gasteiger partial charge < -0.3 is 16.6 Å². The molecule has 1 rings (SSSR count). The predicted octanol–water partition coefficient (Wildman–Crippen LogP) is 2.35. The standard InChI is InChI=1S/C8H7Cl3N4.C2H4O2/c9-5-1-2-6(10)7(11)4(5)3-14-15-8(12)13;1-2(3)4/h1-3H,(H4,12,13,15);1H3,(H,3,4)/b14-3+;. The molecule has 0 aromatic heterocycles. The summed E-state index contributed by atoms with van der Waals surface area (Å²) < 4.78 is 0. The van der Waals surface area contributed by atoms with Crippen LogP contribution in [0.1, 0.15) is 12.5 Å². The third kappa shape index (κ3) is 7.50. The maximum Gasteiger partial charge on any atom is 0.300 e. The van der Waals surface area contributed by atoms with E-state index in [0.29, 0.717) is 20.6 Å². The van der Waals surface area contributed by atoms with Crippen molar-refractivity contribution in [2.75, 3.05) is 0 Å². The first-order valence-corrected chi connectivity index (χ1v) is 5.84. The van der Waals surface area contributed by atoms with Crippen molar-refractivity contribution >= 4 is 52.9 Å². The van der Waals surface area contributed by atoms with Crippen LogP contribution in [0.25, 0.3) is 0 Å². The van der Waals surface area contributed by atoms with Gasteiger partial charge in [0, 0.05) is 12.5 Å². The molecule has 1 aromatic rings. The summed E-state index contributed by atoms with van der Waals surface area (Å²) in [7, 11) is 0. The van der Waals surface area contributed by atoms with Gasteiger partial charge in [-0.05, 0) is 12.1 Å². The summed E-state index contributed by atoms with van der Waals surface area (Å²) in [6.45, 7) is 1.08. The first-order valence-electron chi connectivity index (χ1n) is 4.70. The van der Waals surface area contributed by atoms with Crippen LogP contribution in [0.4, 0.5) is 0 Å². The zero-order valence-electron chi connectivity index (χ0n) is 9.77. The van der Waals surface area contributed by atoms with Gasteiger partial charge in [0.1, 0.15) is 0 Å². The van der Waals surface area contributed by atoms with Crippen molar-refractivity contribution < 1.29 is 9.90 Å². The number of carboxylic acids is 1. The average Bonchev–Trinajstić information content (AvgIpc) is 2.27. The number of carbonyl (C=O) groups is 1. The van der Waals surface area contributed by atoms with E-state index >= 15 is 0 Å². The number of nitrogens with two attached hydrogens (primary N) is 2. The van der Waals surface area contributed by atoms with E-state index in [4.69, 9.17) is 56.2 Å². The number of guanidine groups is 1. The first kappa shape index (κ1) is 17.5. The molecule has 0 saturated heterocycles. The highest BCUT2D eigenvalue weighted by Crippen LogP contribution is 2.29. The van der Waals surface area contributed by atoms with Crippen LogP contribution in [-0.4, -0.2) is 23.2 Å². The van der Waals surface area contributed by atoms with Crippen LogP contribution >= 0.6 is 34.8 Å². The van der Waals surface area contributed by atoms with Crippen molar-refractivity contribution in [2.24, 2.45) is 21.7 Å². The van der Waals surface area contributed by atoms with Gasteiger partial charge in [0.25, 0.3) is 5.97 Å². The highest BCUT2D eigenvalue weighted by molar-refractivity contribution is 6.45. The minimum atomic E-state index is -0.833. The normalized spacial score (nSPS) is 9.68. The average molecular weight is 326 g/mol. The molecule has 0 saturated carbocycles. The molecule has 0 spiro atoms. The van der Waals surface area contributed by atoms with E-state index in [9.17, 15) is 0 Å². The molecule has 0 aliphatic heterocycles. The molecule has 0 unspecified atom stereocenters. The SMILES string of the molecule is CC(=O)O.NC(N)=N/N=C/c1c(Cl)ccc(Cl)c1Cl. The fourth-order valence-corrected chi connectivity index (χ4v) is 1.45. The lowest BCUT2D eigenvalue weighted by Gasteiger charge is -2.01. The van der Waals surface area contributed by atoms with Gasteiger partial charge in [-0.2, -0.15) is 5.10 Å². The Balaban J connectivity index is 0.000000711. The van der Waals surface area contributed by atoms with Crippen molar-refractivity contribution in [3.8, 4) is 0 Å². The van der Waals surface area contributed by atoms with Crippen molar-refractivity contribution in [3.63, 3.8) is 0 Å². The number of nitrogens with zero attached hydrogens (tertiary/aromatic N) is 2. The van der Waals surface area contributed by atoms with Crippen LogP contribution in [0.15, 0.2) is 22.3 Å². The van der Waals surface area contributed by atoms with Crippen LogP contribution in [-0.2, 0) is 4.79 Å². The number of hydrogen-bond acceptors (Lipinski definition) is 3. The van der Waals surface area contributed by atoms with Gasteiger partial charge >= 0.3 is 0 Å². The van der Waals surface area contributed by atoms with Gasteiger partial charge in [-0.1, -0.05) is 34.8 Å². The Morgan fingerprint density at radius 1 is 1.26 bits per heavy atom. The smallest absolute Gasteiger partial charge is 0.300 e. The van der Waals surface area contributed by atoms with Crippen molar-refractivity contribution in [1.82, 2.24) is 0 Å². The summed E-state index contributed by atoms with van der Waals surface area (Å²) in [4.78, 5) is 9.00. The molecule has 19 heavy (non-hydrogen) atoms. The molecule has 0 aliphatic rings. The van der Waals surface area contributed by atoms with Crippen LogP contribution < -0.4 is 11.5 Å². The third-order valence-corrected chi connectivity index (χ3v) is 2.59. The number of hydrogen-bond donors (Lipinski definition) is 3. The van der Waals surface area contributed by atoms with E-state index in [1.54, 1.807) is 12.1 Å². The highest BCUT2D eigenvalue weighted by Gasteiger charge is 2.06. The summed E-state index contributed by atoms with van der Waals surface area (Å²) in [5.41, 5.74) is 10.6. The van der Waals surface area contributed by atoms with Gasteiger partial charge in [-0.15, -0.1) is 5.10 Å². The molecular formula is C10H11Cl3N4O2. The van der Waals surface area contributed by atoms with Crippen LogP contribution in [0, 0.1) is 0 Å². The fourth-order valence-electron chi connectivity index (χ4n) is 0.814. The van der Waals surface area contributed by atoms with E-state index in [1.165, 1.54) is 6.21 Å². The van der Waals surface area contributed by atoms with Crippen molar-refractivity contribution in [3.05, 3.63) is 32.8 Å². The highest BCUT2D eigenvalue weighted by atomic mass is 35.5. The van der Waals surface area contributed by atoms with Crippen LogP contribution in [0.3, 0.4) is 0 Å². The Morgan fingerprint density at radius 2 is 1.74 bits per heavy atom. The van der Waals surface area contributed by atoms with E-state index in [2.05, 4.69) is 10.2 Å². The summed E-state index contributed by atoms with van der Waals surface area (Å²) in [5.74, 6) is -0.986. The maximum absolute atomic E-state index is 9.00. The predicted molar refractivity (Wildman–Crippen MR) is 78.2 cm³/mol. The zero-order valence-corrected chi connectivity index (χ0v) is 12.0. The molecule has 0 radical (unpaired) electrons. The summed E-state index contributed by atoms with van der Waals surface area (Å²) in [5, 5.41) is 15.5. The zero-order chi connectivity index (χ0) is 15.0. The molecular weight excluding hydrogens is 314 g/mol. The van der Waals surface area contributed by atoms with Gasteiger partial charge in [0.15, 0.2) is 0 Å². The quantitative estimate of drug-likeness (QED) is 0.335. The third-order valence-electron chi connectivity index (χ3n) is 1.44. The molecule has 9 heteroatoms. The number of rotatable bonds is 2. The minimum Gasteiger partial charge on any atom is -0.481 e. The summed E-state index contributed by atoms with van der Waals surface area (Å²) in [6, 6.07) is 3.19. The van der Waals surface area contributed by atoms with Gasteiger partial charge in [-0.3, -0.25) is 4.79 Å².